The van der Waals surface area contributed by atoms with Crippen LogP contribution in [0.25, 0.3) is 22.0 Å². The first-order valence-electron chi connectivity index (χ1n) is 8.42. The van der Waals surface area contributed by atoms with E-state index < -0.39 is 0 Å². The summed E-state index contributed by atoms with van der Waals surface area (Å²) in [6.45, 7) is 2.23. The van der Waals surface area contributed by atoms with E-state index in [1.807, 2.05) is 0 Å². The van der Waals surface area contributed by atoms with E-state index in [1.54, 1.807) is 11.1 Å². The fraction of sp³-hybridized carbons (Fsp3) is 0.333. The number of hydrogen-bond acceptors (Lipinski definition) is 0. The van der Waals surface area contributed by atoms with Crippen LogP contribution in [0.1, 0.15) is 47.8 Å². The Balaban J connectivity index is 1.90. The van der Waals surface area contributed by atoms with Crippen LogP contribution in [0.5, 0.6) is 0 Å². The lowest BCUT2D eigenvalue weighted by Crippen LogP contribution is -2.02. The van der Waals surface area contributed by atoms with Crippen LogP contribution in [-0.4, -0.2) is 4.57 Å². The summed E-state index contributed by atoms with van der Waals surface area (Å²) in [5.41, 5.74) is 8.99. The first kappa shape index (κ1) is 12.5. The zero-order valence-corrected chi connectivity index (χ0v) is 13.3. The molecule has 1 fully saturated rings. The maximum absolute atomic E-state index is 2.52. The van der Waals surface area contributed by atoms with Crippen molar-refractivity contribution in [2.45, 2.75) is 38.0 Å². The molecule has 0 radical (unpaired) electrons. The van der Waals surface area contributed by atoms with Crippen molar-refractivity contribution < 1.29 is 0 Å². The van der Waals surface area contributed by atoms with E-state index in [9.17, 15) is 0 Å². The molecule has 2 aliphatic rings. The Kier molecular flexibility index (Phi) is 2.42. The van der Waals surface area contributed by atoms with Crippen molar-refractivity contribution in [3.8, 4) is 11.1 Å². The minimum Gasteiger partial charge on any atom is -0.350 e. The van der Waals surface area contributed by atoms with Gasteiger partial charge in [0.1, 0.15) is 0 Å². The normalized spacial score (nSPS) is 22.5. The molecule has 0 aliphatic heterocycles. The number of rotatable bonds is 1. The van der Waals surface area contributed by atoms with Crippen LogP contribution in [0.2, 0.25) is 0 Å². The molecule has 1 aromatic heterocycles. The molecule has 0 N–H and O–H groups in total. The van der Waals surface area contributed by atoms with E-state index >= 15 is 0 Å². The molecule has 5 rings (SSSR count). The second-order valence-corrected chi connectivity index (χ2v) is 7.14. The quantitative estimate of drug-likeness (QED) is 0.555. The molecule has 2 bridgehead atoms. The third-order valence-corrected chi connectivity index (χ3v) is 5.94. The lowest BCUT2D eigenvalue weighted by molar-refractivity contribution is 0.718. The van der Waals surface area contributed by atoms with Gasteiger partial charge in [-0.1, -0.05) is 24.3 Å². The molecule has 1 nitrogen and oxygen atoms in total. The highest BCUT2D eigenvalue weighted by atomic mass is 14.9. The van der Waals surface area contributed by atoms with E-state index in [4.69, 9.17) is 0 Å². The Morgan fingerprint density at radius 3 is 2.68 bits per heavy atom. The average Bonchev–Trinajstić information content (AvgIpc) is 3.22. The van der Waals surface area contributed by atoms with E-state index in [1.165, 1.54) is 46.9 Å². The Bertz CT molecular complexity index is 900. The standard InChI is InChI=1S/C21H21N/c1-13-5-3-4-6-16(13)19-12-18-14-7-8-15(11-14)20(18)21-17(19)9-10-22(21)2/h3-6,9-10,12,14-15H,7-8,11H2,1-2H3. The molecule has 1 saturated carbocycles. The first-order valence-corrected chi connectivity index (χ1v) is 8.42. The Morgan fingerprint density at radius 2 is 1.82 bits per heavy atom. The highest BCUT2D eigenvalue weighted by Gasteiger charge is 2.39. The number of fused-ring (bicyclic) bond motifs is 7. The number of aryl methyl sites for hydroxylation is 2. The van der Waals surface area contributed by atoms with Gasteiger partial charge in [0.05, 0.1) is 5.52 Å². The van der Waals surface area contributed by atoms with Gasteiger partial charge >= 0.3 is 0 Å². The van der Waals surface area contributed by atoms with Crippen molar-refractivity contribution >= 4 is 10.9 Å². The van der Waals surface area contributed by atoms with Crippen LogP contribution in [0.4, 0.5) is 0 Å². The molecule has 0 saturated heterocycles. The molecule has 0 amide bonds. The minimum absolute atomic E-state index is 0.807. The van der Waals surface area contributed by atoms with Gasteiger partial charge < -0.3 is 4.57 Å². The van der Waals surface area contributed by atoms with E-state index in [0.717, 1.165) is 11.8 Å². The molecule has 2 atom stereocenters. The topological polar surface area (TPSA) is 4.93 Å². The second kappa shape index (κ2) is 4.25. The van der Waals surface area contributed by atoms with Gasteiger partial charge in [-0.05, 0) is 78.0 Å². The van der Waals surface area contributed by atoms with Gasteiger partial charge in [-0.2, -0.15) is 0 Å². The summed E-state index contributed by atoms with van der Waals surface area (Å²) in [6.07, 6.45) is 6.40. The number of nitrogens with zero attached hydrogens (tertiary/aromatic N) is 1. The van der Waals surface area contributed by atoms with Crippen LogP contribution in [0.3, 0.4) is 0 Å². The average molecular weight is 287 g/mol. The van der Waals surface area contributed by atoms with E-state index in [2.05, 4.69) is 61.1 Å². The van der Waals surface area contributed by atoms with Gasteiger partial charge in [-0.15, -0.1) is 0 Å². The summed E-state index contributed by atoms with van der Waals surface area (Å²) in [5, 5.41) is 1.43. The maximum Gasteiger partial charge on any atom is 0.0522 e. The fourth-order valence-corrected chi connectivity index (χ4v) is 4.92. The van der Waals surface area contributed by atoms with Crippen LogP contribution in [-0.2, 0) is 7.05 Å². The zero-order valence-electron chi connectivity index (χ0n) is 13.3. The summed E-state index contributed by atoms with van der Waals surface area (Å²) < 4.78 is 2.34. The van der Waals surface area contributed by atoms with Gasteiger partial charge in [0.25, 0.3) is 0 Å². The lowest BCUT2D eigenvalue weighted by atomic mass is 9.86. The molecular weight excluding hydrogens is 266 g/mol. The van der Waals surface area contributed by atoms with Gasteiger partial charge in [-0.25, -0.2) is 0 Å². The summed E-state index contributed by atoms with van der Waals surface area (Å²) in [4.78, 5) is 0. The van der Waals surface area contributed by atoms with E-state index in [0.29, 0.717) is 0 Å². The van der Waals surface area contributed by atoms with Gasteiger partial charge in [-0.3, -0.25) is 0 Å². The Morgan fingerprint density at radius 1 is 1.00 bits per heavy atom. The molecule has 3 aromatic rings. The van der Waals surface area contributed by atoms with Crippen LogP contribution in [0, 0.1) is 6.92 Å². The molecule has 0 spiro atoms. The molecule has 22 heavy (non-hydrogen) atoms. The predicted molar refractivity (Wildman–Crippen MR) is 92.4 cm³/mol. The fourth-order valence-electron chi connectivity index (χ4n) is 4.92. The van der Waals surface area contributed by atoms with Crippen molar-refractivity contribution in [2.75, 3.05) is 0 Å². The third kappa shape index (κ3) is 1.49. The van der Waals surface area contributed by atoms with Crippen LogP contribution >= 0.6 is 0 Å². The highest BCUT2D eigenvalue weighted by molar-refractivity contribution is 5.99. The molecule has 1 heteroatoms. The summed E-state index contributed by atoms with van der Waals surface area (Å²) >= 11 is 0. The van der Waals surface area contributed by atoms with Crippen molar-refractivity contribution in [1.82, 2.24) is 4.57 Å². The number of hydrogen-bond donors (Lipinski definition) is 0. The molecule has 110 valence electrons. The predicted octanol–water partition coefficient (Wildman–Crippen LogP) is 5.52. The summed E-state index contributed by atoms with van der Waals surface area (Å²) in [6, 6.07) is 13.6. The Labute approximate surface area is 131 Å². The largest absolute Gasteiger partial charge is 0.350 e. The Hall–Kier alpha value is -2.02. The summed E-state index contributed by atoms with van der Waals surface area (Å²) in [7, 11) is 2.20. The van der Waals surface area contributed by atoms with Crippen molar-refractivity contribution in [1.29, 1.82) is 0 Å². The van der Waals surface area contributed by atoms with Gasteiger partial charge in [0, 0.05) is 18.6 Å². The lowest BCUT2D eigenvalue weighted by Gasteiger charge is -2.20. The van der Waals surface area contributed by atoms with Crippen LogP contribution < -0.4 is 0 Å². The van der Waals surface area contributed by atoms with Crippen molar-refractivity contribution in [3.63, 3.8) is 0 Å². The van der Waals surface area contributed by atoms with Crippen molar-refractivity contribution in [3.05, 3.63) is 59.3 Å². The van der Waals surface area contributed by atoms with Crippen molar-refractivity contribution in [2.24, 2.45) is 7.05 Å². The number of benzene rings is 2. The minimum atomic E-state index is 0.807. The maximum atomic E-state index is 2.52. The third-order valence-electron chi connectivity index (χ3n) is 5.94. The highest BCUT2D eigenvalue weighted by Crippen LogP contribution is 2.56. The molecule has 2 unspecified atom stereocenters. The van der Waals surface area contributed by atoms with Gasteiger partial charge in [0.2, 0.25) is 0 Å². The van der Waals surface area contributed by atoms with Crippen LogP contribution in [0.15, 0.2) is 42.6 Å². The SMILES string of the molecule is Cc1ccccc1-c1cc2c(c3c1ccn3C)C1CCC2C1. The smallest absolute Gasteiger partial charge is 0.0522 e. The molecular formula is C21H21N. The molecule has 2 aromatic carbocycles. The number of aromatic nitrogens is 1. The second-order valence-electron chi connectivity index (χ2n) is 7.14. The monoisotopic (exact) mass is 287 g/mol. The van der Waals surface area contributed by atoms with Gasteiger partial charge in [0.15, 0.2) is 0 Å². The van der Waals surface area contributed by atoms with E-state index in [-0.39, 0.29) is 0 Å². The zero-order chi connectivity index (χ0) is 14.8. The molecule has 2 aliphatic carbocycles. The molecule has 1 heterocycles. The summed E-state index contributed by atoms with van der Waals surface area (Å²) in [5.74, 6) is 1.61. The first-order chi connectivity index (χ1) is 10.7.